The number of anilines is 1. The van der Waals surface area contributed by atoms with E-state index >= 15 is 0 Å². The lowest BCUT2D eigenvalue weighted by atomic mass is 10.1. The molecule has 158 valence electrons. The van der Waals surface area contributed by atoms with Gasteiger partial charge >= 0.3 is 0 Å². The van der Waals surface area contributed by atoms with Gasteiger partial charge in [0.15, 0.2) is 11.5 Å². The summed E-state index contributed by atoms with van der Waals surface area (Å²) in [5.41, 5.74) is 2.22. The number of hydrogen-bond donors (Lipinski definition) is 1. The summed E-state index contributed by atoms with van der Waals surface area (Å²) in [4.78, 5) is 0. The highest BCUT2D eigenvalue weighted by Gasteiger charge is 2.15. The van der Waals surface area contributed by atoms with Gasteiger partial charge in [-0.1, -0.05) is 65.7 Å². The third-order valence-corrected chi connectivity index (χ3v) is 5.62. The Morgan fingerprint density at radius 3 is 2.48 bits per heavy atom. The van der Waals surface area contributed by atoms with Crippen molar-refractivity contribution in [1.82, 2.24) is 0 Å². The van der Waals surface area contributed by atoms with Crippen LogP contribution in [-0.2, 0) is 13.2 Å². The lowest BCUT2D eigenvalue weighted by molar-refractivity contribution is 0.280. The number of fused-ring (bicyclic) bond motifs is 1. The van der Waals surface area contributed by atoms with Gasteiger partial charge in [0.2, 0.25) is 0 Å². The van der Waals surface area contributed by atoms with Gasteiger partial charge in [0, 0.05) is 23.2 Å². The fraction of sp³-hybridized carbons (Fsp3) is 0.120. The first-order chi connectivity index (χ1) is 15.1. The maximum absolute atomic E-state index is 14.0. The molecule has 3 nitrogen and oxygen atoms in total. The van der Waals surface area contributed by atoms with Crippen molar-refractivity contribution in [2.45, 2.75) is 13.2 Å². The highest BCUT2D eigenvalue weighted by Crippen LogP contribution is 2.38. The van der Waals surface area contributed by atoms with Crippen molar-refractivity contribution in [1.29, 1.82) is 0 Å². The summed E-state index contributed by atoms with van der Waals surface area (Å²) < 4.78 is 25.3. The van der Waals surface area contributed by atoms with E-state index in [4.69, 9.17) is 32.7 Å². The molecule has 0 unspecified atom stereocenters. The minimum Gasteiger partial charge on any atom is -0.493 e. The first kappa shape index (κ1) is 21.3. The molecule has 0 aliphatic rings. The molecule has 1 N–H and O–H groups in total. The summed E-state index contributed by atoms with van der Waals surface area (Å²) in [5.74, 6) is 0.380. The fourth-order valence-corrected chi connectivity index (χ4v) is 3.91. The van der Waals surface area contributed by atoms with Gasteiger partial charge < -0.3 is 14.8 Å². The van der Waals surface area contributed by atoms with Crippen LogP contribution in [0.3, 0.4) is 0 Å². The first-order valence-electron chi connectivity index (χ1n) is 9.70. The van der Waals surface area contributed by atoms with E-state index in [2.05, 4.69) is 23.5 Å². The second kappa shape index (κ2) is 9.46. The second-order valence-corrected chi connectivity index (χ2v) is 7.79. The van der Waals surface area contributed by atoms with E-state index in [0.717, 1.165) is 16.6 Å². The number of rotatable bonds is 7. The van der Waals surface area contributed by atoms with E-state index in [9.17, 15) is 4.39 Å². The normalized spacial score (nSPS) is 10.8. The van der Waals surface area contributed by atoms with Crippen LogP contribution in [0.1, 0.15) is 11.1 Å². The second-order valence-electron chi connectivity index (χ2n) is 6.98. The molecule has 0 saturated heterocycles. The SMILES string of the molecule is COc1cc(CNc2cccc3ccccc23)cc(Cl)c1OCc1c(F)cccc1Cl. The van der Waals surface area contributed by atoms with Crippen molar-refractivity contribution in [2.24, 2.45) is 0 Å². The van der Waals surface area contributed by atoms with Gasteiger partial charge in [0.05, 0.1) is 17.2 Å². The van der Waals surface area contributed by atoms with E-state index in [-0.39, 0.29) is 12.2 Å². The molecule has 0 heterocycles. The maximum Gasteiger partial charge on any atom is 0.180 e. The topological polar surface area (TPSA) is 30.5 Å². The standard InChI is InChI=1S/C25H20Cl2FNO2/c1-30-24-13-16(14-29-23-11-4-7-17-6-2-3-8-18(17)23)12-21(27)25(24)31-15-19-20(26)9-5-10-22(19)28/h2-13,29H,14-15H2,1H3. The van der Waals surface area contributed by atoms with E-state index in [1.54, 1.807) is 18.2 Å². The predicted molar refractivity (Wildman–Crippen MR) is 125 cm³/mol. The zero-order valence-corrected chi connectivity index (χ0v) is 18.3. The highest BCUT2D eigenvalue weighted by molar-refractivity contribution is 6.32. The molecule has 6 heteroatoms. The van der Waals surface area contributed by atoms with Crippen LogP contribution in [0.2, 0.25) is 10.0 Å². The Morgan fingerprint density at radius 1 is 0.903 bits per heavy atom. The third kappa shape index (κ3) is 4.71. The molecule has 0 spiro atoms. The van der Waals surface area contributed by atoms with Gasteiger partial charge in [0.1, 0.15) is 12.4 Å². The summed E-state index contributed by atoms with van der Waals surface area (Å²) in [6, 6.07) is 22.5. The molecule has 0 aromatic heterocycles. The van der Waals surface area contributed by atoms with Gasteiger partial charge in [-0.15, -0.1) is 0 Å². The summed E-state index contributed by atoms with van der Waals surface area (Å²) in [5, 5.41) is 6.44. The minimum atomic E-state index is -0.432. The van der Waals surface area contributed by atoms with Gasteiger partial charge in [-0.2, -0.15) is 0 Å². The molecule has 4 aromatic carbocycles. The molecule has 0 aliphatic carbocycles. The molecule has 0 aliphatic heterocycles. The van der Waals surface area contributed by atoms with Crippen molar-refractivity contribution in [3.63, 3.8) is 0 Å². The Labute approximate surface area is 190 Å². The lowest BCUT2D eigenvalue weighted by Crippen LogP contribution is -2.04. The average Bonchev–Trinajstić information content (AvgIpc) is 2.78. The van der Waals surface area contributed by atoms with Crippen molar-refractivity contribution in [2.75, 3.05) is 12.4 Å². The van der Waals surface area contributed by atoms with Gasteiger partial charge in [-0.05, 0) is 41.3 Å². The van der Waals surface area contributed by atoms with Crippen molar-refractivity contribution in [3.8, 4) is 11.5 Å². The van der Waals surface area contributed by atoms with Crippen LogP contribution in [0, 0.1) is 5.82 Å². The Balaban J connectivity index is 1.53. The summed E-state index contributed by atoms with van der Waals surface area (Å²) in [7, 11) is 1.54. The zero-order chi connectivity index (χ0) is 21.8. The van der Waals surface area contributed by atoms with Crippen molar-refractivity contribution < 1.29 is 13.9 Å². The highest BCUT2D eigenvalue weighted by atomic mass is 35.5. The van der Waals surface area contributed by atoms with Gasteiger partial charge in [-0.3, -0.25) is 0 Å². The minimum absolute atomic E-state index is 0.0603. The van der Waals surface area contributed by atoms with E-state index in [1.807, 2.05) is 30.3 Å². The largest absolute Gasteiger partial charge is 0.493 e. The molecule has 4 aromatic rings. The number of benzene rings is 4. The molecule has 0 bridgehead atoms. The van der Waals surface area contributed by atoms with Crippen LogP contribution in [0.15, 0.2) is 72.8 Å². The Morgan fingerprint density at radius 2 is 1.68 bits per heavy atom. The number of methoxy groups -OCH3 is 1. The third-order valence-electron chi connectivity index (χ3n) is 4.98. The smallest absolute Gasteiger partial charge is 0.180 e. The number of halogens is 3. The molecule has 0 saturated carbocycles. The molecule has 0 radical (unpaired) electrons. The molecule has 0 fully saturated rings. The molecule has 0 amide bonds. The van der Waals surface area contributed by atoms with E-state index in [0.29, 0.717) is 28.1 Å². The first-order valence-corrected chi connectivity index (χ1v) is 10.5. The molecular formula is C25H20Cl2FNO2. The molecule has 31 heavy (non-hydrogen) atoms. The van der Waals surface area contributed by atoms with Crippen LogP contribution in [0.4, 0.5) is 10.1 Å². The van der Waals surface area contributed by atoms with Crippen LogP contribution >= 0.6 is 23.2 Å². The Bertz CT molecular complexity index is 1200. The maximum atomic E-state index is 14.0. The Hall–Kier alpha value is -2.95. The van der Waals surface area contributed by atoms with Crippen LogP contribution in [0.5, 0.6) is 11.5 Å². The number of nitrogens with one attached hydrogen (secondary N) is 1. The van der Waals surface area contributed by atoms with E-state index in [1.165, 1.54) is 18.6 Å². The van der Waals surface area contributed by atoms with E-state index < -0.39 is 5.82 Å². The summed E-state index contributed by atoms with van der Waals surface area (Å²) in [6.07, 6.45) is 0. The number of hydrogen-bond acceptors (Lipinski definition) is 3. The molecule has 0 atom stereocenters. The Kier molecular flexibility index (Phi) is 6.50. The quantitative estimate of drug-likeness (QED) is 0.313. The van der Waals surface area contributed by atoms with Crippen LogP contribution in [0.25, 0.3) is 10.8 Å². The monoisotopic (exact) mass is 455 g/mol. The van der Waals surface area contributed by atoms with Crippen LogP contribution < -0.4 is 14.8 Å². The average molecular weight is 456 g/mol. The summed E-state index contributed by atoms with van der Waals surface area (Å²) >= 11 is 12.6. The van der Waals surface area contributed by atoms with Gasteiger partial charge in [-0.25, -0.2) is 4.39 Å². The predicted octanol–water partition coefficient (Wildman–Crippen LogP) is 7.49. The fourth-order valence-electron chi connectivity index (χ4n) is 3.41. The van der Waals surface area contributed by atoms with Crippen molar-refractivity contribution >= 4 is 39.7 Å². The summed E-state index contributed by atoms with van der Waals surface area (Å²) in [6.45, 7) is 0.485. The number of ether oxygens (including phenoxy) is 2. The molecular weight excluding hydrogens is 436 g/mol. The van der Waals surface area contributed by atoms with Gasteiger partial charge in [0.25, 0.3) is 0 Å². The van der Waals surface area contributed by atoms with Crippen molar-refractivity contribution in [3.05, 3.63) is 99.8 Å². The molecule has 4 rings (SSSR count). The lowest BCUT2D eigenvalue weighted by Gasteiger charge is -2.16. The zero-order valence-electron chi connectivity index (χ0n) is 16.8. The van der Waals surface area contributed by atoms with Crippen LogP contribution in [-0.4, -0.2) is 7.11 Å².